The molecule has 2 aromatic carbocycles. The van der Waals surface area contributed by atoms with Gasteiger partial charge in [-0.2, -0.15) is 13.7 Å². The number of nitrogens with zero attached hydrogens (tertiary/aromatic N) is 2. The number of hydrogen-bond donors (Lipinski definition) is 1. The molecule has 144 valence electrons. The Balaban J connectivity index is 1.55. The number of ether oxygens (including phenoxy) is 1. The molecule has 0 radical (unpaired) electrons. The first-order valence-corrected chi connectivity index (χ1v) is 10.2. The maximum atomic E-state index is 12.3. The number of benzene rings is 2. The Bertz CT molecular complexity index is 1070. The van der Waals surface area contributed by atoms with Gasteiger partial charge in [0.15, 0.2) is 0 Å². The summed E-state index contributed by atoms with van der Waals surface area (Å²) in [6, 6.07) is 15.5. The number of amidine groups is 1. The molecule has 7 nitrogen and oxygen atoms in total. The van der Waals surface area contributed by atoms with Gasteiger partial charge in [-0.05, 0) is 35.7 Å². The number of fused-ring (bicyclic) bond motifs is 1. The topological polar surface area (TPSA) is 109 Å². The zero-order chi connectivity index (χ0) is 20.1. The monoisotopic (exact) mass is 397 g/mol. The lowest BCUT2D eigenvalue weighted by Crippen LogP contribution is -2.24. The van der Waals surface area contributed by atoms with Crippen molar-refractivity contribution in [1.82, 2.24) is 0 Å². The molecular weight excluding hydrogens is 378 g/mol. The molecule has 1 heterocycles. The van der Waals surface area contributed by atoms with E-state index in [1.54, 1.807) is 42.5 Å². The maximum absolute atomic E-state index is 12.3. The third kappa shape index (κ3) is 4.75. The fourth-order valence-corrected chi connectivity index (χ4v) is 4.05. The third-order valence-electron chi connectivity index (χ3n) is 4.19. The first-order valence-electron chi connectivity index (χ1n) is 8.72. The van der Waals surface area contributed by atoms with Gasteiger partial charge >= 0.3 is 5.97 Å². The Morgan fingerprint density at radius 3 is 2.82 bits per heavy atom. The standard InChI is InChI=1S/C20H19N3O4S/c1-14(10-20(24)27-13-16-6-4-5-15(11-16)12-21)9-19-22-17-7-2-3-8-18(17)28(25,26)23-19/h2-8,11,14H,9-10,13H2,1H3,(H,22,23)/t14-/m0/s1. The predicted octanol–water partition coefficient (Wildman–Crippen LogP) is 3.23. The van der Waals surface area contributed by atoms with E-state index >= 15 is 0 Å². The molecule has 0 spiro atoms. The van der Waals surface area contributed by atoms with Crippen LogP contribution < -0.4 is 5.32 Å². The van der Waals surface area contributed by atoms with E-state index < -0.39 is 16.0 Å². The zero-order valence-electron chi connectivity index (χ0n) is 15.3. The van der Waals surface area contributed by atoms with Gasteiger partial charge in [-0.15, -0.1) is 4.40 Å². The Morgan fingerprint density at radius 1 is 1.25 bits per heavy atom. The highest BCUT2D eigenvalue weighted by atomic mass is 32.2. The van der Waals surface area contributed by atoms with Crippen LogP contribution in [0.1, 0.15) is 30.9 Å². The van der Waals surface area contributed by atoms with Crippen molar-refractivity contribution in [3.8, 4) is 6.07 Å². The highest BCUT2D eigenvalue weighted by Crippen LogP contribution is 2.28. The summed E-state index contributed by atoms with van der Waals surface area (Å²) in [6.45, 7) is 1.91. The minimum absolute atomic E-state index is 0.0853. The van der Waals surface area contributed by atoms with Crippen LogP contribution in [-0.4, -0.2) is 20.2 Å². The molecule has 0 bridgehead atoms. The first-order chi connectivity index (χ1) is 13.4. The van der Waals surface area contributed by atoms with Crippen LogP contribution in [0.5, 0.6) is 0 Å². The lowest BCUT2D eigenvalue weighted by molar-refractivity contribution is -0.145. The number of carbonyl (C=O) groups excluding carboxylic acids is 1. The summed E-state index contributed by atoms with van der Waals surface area (Å²) in [5.41, 5.74) is 1.73. The summed E-state index contributed by atoms with van der Waals surface area (Å²) in [7, 11) is -3.74. The van der Waals surface area contributed by atoms with Crippen molar-refractivity contribution in [3.63, 3.8) is 0 Å². The number of rotatable bonds is 6. The fraction of sp³-hybridized carbons (Fsp3) is 0.250. The van der Waals surface area contributed by atoms with Gasteiger partial charge in [-0.1, -0.05) is 31.2 Å². The summed E-state index contributed by atoms with van der Waals surface area (Å²) in [4.78, 5) is 12.2. The Labute approximate surface area is 163 Å². The Hall–Kier alpha value is -3.18. The average Bonchev–Trinajstić information content (AvgIpc) is 2.66. The van der Waals surface area contributed by atoms with E-state index in [9.17, 15) is 13.2 Å². The molecule has 28 heavy (non-hydrogen) atoms. The predicted molar refractivity (Wildman–Crippen MR) is 104 cm³/mol. The van der Waals surface area contributed by atoms with Crippen molar-refractivity contribution in [3.05, 3.63) is 59.7 Å². The molecule has 0 fully saturated rings. The molecule has 1 aliphatic rings. The van der Waals surface area contributed by atoms with Crippen LogP contribution in [0.3, 0.4) is 0 Å². The van der Waals surface area contributed by atoms with Crippen molar-refractivity contribution < 1.29 is 17.9 Å². The van der Waals surface area contributed by atoms with Crippen LogP contribution in [-0.2, 0) is 26.2 Å². The van der Waals surface area contributed by atoms with Crippen LogP contribution in [0.2, 0.25) is 0 Å². The highest BCUT2D eigenvalue weighted by Gasteiger charge is 2.25. The van der Waals surface area contributed by atoms with Crippen LogP contribution in [0.15, 0.2) is 57.8 Å². The maximum Gasteiger partial charge on any atom is 0.306 e. The van der Waals surface area contributed by atoms with E-state index in [2.05, 4.69) is 9.71 Å². The van der Waals surface area contributed by atoms with Gasteiger partial charge in [-0.3, -0.25) is 4.79 Å². The number of nitrogens with one attached hydrogen (secondary N) is 1. The minimum atomic E-state index is -3.74. The smallest absolute Gasteiger partial charge is 0.306 e. The van der Waals surface area contributed by atoms with E-state index in [0.29, 0.717) is 23.5 Å². The van der Waals surface area contributed by atoms with Crippen LogP contribution >= 0.6 is 0 Å². The molecule has 0 saturated heterocycles. The lowest BCUT2D eigenvalue weighted by atomic mass is 10.0. The quantitative estimate of drug-likeness (QED) is 0.750. The molecule has 1 atom stereocenters. The van der Waals surface area contributed by atoms with Crippen molar-refractivity contribution in [1.29, 1.82) is 5.26 Å². The molecule has 1 aliphatic heterocycles. The SMILES string of the molecule is C[C@H](CC(=O)OCc1cccc(C#N)c1)CC1=NS(=O)(=O)c2ccccc2N1. The van der Waals surface area contributed by atoms with E-state index in [1.165, 1.54) is 6.07 Å². The lowest BCUT2D eigenvalue weighted by Gasteiger charge is -2.20. The largest absolute Gasteiger partial charge is 0.461 e. The number of para-hydroxylation sites is 1. The fourth-order valence-electron chi connectivity index (χ4n) is 2.90. The van der Waals surface area contributed by atoms with Gasteiger partial charge in [0.25, 0.3) is 10.0 Å². The van der Waals surface area contributed by atoms with Gasteiger partial charge in [0.05, 0.1) is 17.3 Å². The second-order valence-corrected chi connectivity index (χ2v) is 8.19. The van der Waals surface area contributed by atoms with Crippen molar-refractivity contribution in [2.45, 2.75) is 31.3 Å². The summed E-state index contributed by atoms with van der Waals surface area (Å²) in [5.74, 6) is -0.250. The second-order valence-electron chi connectivity index (χ2n) is 6.62. The normalized spacial score (nSPS) is 15.4. The van der Waals surface area contributed by atoms with Crippen LogP contribution in [0.25, 0.3) is 0 Å². The molecule has 1 N–H and O–H groups in total. The molecule has 0 aliphatic carbocycles. The van der Waals surface area contributed by atoms with E-state index in [0.717, 1.165) is 5.56 Å². The molecular formula is C20H19N3O4S. The highest BCUT2D eigenvalue weighted by molar-refractivity contribution is 7.90. The van der Waals surface area contributed by atoms with Gasteiger partial charge < -0.3 is 10.1 Å². The number of carbonyl (C=O) groups is 1. The van der Waals surface area contributed by atoms with Gasteiger partial charge in [0.2, 0.25) is 0 Å². The molecule has 2 aromatic rings. The Kier molecular flexibility index (Phi) is 5.76. The molecule has 0 unspecified atom stereocenters. The van der Waals surface area contributed by atoms with E-state index in [4.69, 9.17) is 10.00 Å². The number of sulfonamides is 1. The summed E-state index contributed by atoms with van der Waals surface area (Å²) in [5, 5.41) is 11.9. The van der Waals surface area contributed by atoms with Gasteiger partial charge in [0.1, 0.15) is 17.3 Å². The molecule has 8 heteroatoms. The second kappa shape index (κ2) is 8.23. The van der Waals surface area contributed by atoms with Crippen molar-refractivity contribution >= 4 is 27.5 Å². The average molecular weight is 397 g/mol. The van der Waals surface area contributed by atoms with Crippen LogP contribution in [0.4, 0.5) is 5.69 Å². The van der Waals surface area contributed by atoms with E-state index in [-0.39, 0.29) is 23.8 Å². The number of esters is 1. The summed E-state index contributed by atoms with van der Waals surface area (Å²) in [6.07, 6.45) is 0.424. The minimum Gasteiger partial charge on any atom is -0.461 e. The number of nitriles is 1. The zero-order valence-corrected chi connectivity index (χ0v) is 16.1. The van der Waals surface area contributed by atoms with Gasteiger partial charge in [-0.25, -0.2) is 0 Å². The molecule has 0 saturated carbocycles. The van der Waals surface area contributed by atoms with Crippen LogP contribution in [0, 0.1) is 17.2 Å². The molecule has 3 rings (SSSR count). The molecule has 0 amide bonds. The number of hydrogen-bond acceptors (Lipinski definition) is 6. The van der Waals surface area contributed by atoms with E-state index in [1.807, 2.05) is 13.0 Å². The van der Waals surface area contributed by atoms with Crippen molar-refractivity contribution in [2.75, 3.05) is 5.32 Å². The first kappa shape index (κ1) is 19.6. The number of anilines is 1. The summed E-state index contributed by atoms with van der Waals surface area (Å²) < 4.78 is 33.6. The van der Waals surface area contributed by atoms with Gasteiger partial charge in [0, 0.05) is 12.8 Å². The Morgan fingerprint density at radius 2 is 2.04 bits per heavy atom. The third-order valence-corrected chi connectivity index (χ3v) is 5.56. The summed E-state index contributed by atoms with van der Waals surface area (Å²) >= 11 is 0. The van der Waals surface area contributed by atoms with Crippen molar-refractivity contribution in [2.24, 2.45) is 10.3 Å². The molecule has 0 aromatic heterocycles.